The maximum Gasteiger partial charge on any atom is 0.413 e. The number of carboxylic acids is 1. The molecule has 0 unspecified atom stereocenters. The van der Waals surface area contributed by atoms with E-state index in [-0.39, 0.29) is 12.2 Å². The number of aliphatic carboxylic acids is 1. The second-order valence-electron chi connectivity index (χ2n) is 5.99. The molecule has 8 heteroatoms. The van der Waals surface area contributed by atoms with Gasteiger partial charge in [-0.05, 0) is 47.5 Å². The van der Waals surface area contributed by atoms with E-state index < -0.39 is 23.8 Å². The predicted molar refractivity (Wildman–Crippen MR) is 94.2 cm³/mol. The molecular weight excluding hydrogens is 381 g/mol. The van der Waals surface area contributed by atoms with Gasteiger partial charge in [-0.3, -0.25) is 0 Å². The lowest BCUT2D eigenvalue weighted by molar-refractivity contribution is -0.150. The number of carbonyl (C=O) groups is 1. The van der Waals surface area contributed by atoms with Gasteiger partial charge in [-0.15, -0.1) is 0 Å². The third-order valence-corrected chi connectivity index (χ3v) is 4.44. The zero-order chi connectivity index (χ0) is 19.8. The second kappa shape index (κ2) is 6.97. The molecule has 0 aromatic heterocycles. The van der Waals surface area contributed by atoms with Crippen LogP contribution in [0.3, 0.4) is 0 Å². The number of fused-ring (bicyclic) bond motifs is 1. The smallest absolute Gasteiger partial charge is 0.413 e. The average Bonchev–Trinajstić information content (AvgIpc) is 2.60. The standard InChI is InChI=1S/C19H12ClF3N2O2/c20-14-5-6-16-13(7-14)8-15(18(26)27)17(19(21,22)23)25(16)10-12-3-1-11(9-24)2-4-12/h1-8,17H,10H2,(H,26,27)/t17-/m0/s1. The van der Waals surface area contributed by atoms with E-state index in [0.29, 0.717) is 21.7 Å². The Bertz CT molecular complexity index is 962. The van der Waals surface area contributed by atoms with Crippen molar-refractivity contribution in [3.8, 4) is 6.07 Å². The molecule has 1 atom stereocenters. The summed E-state index contributed by atoms with van der Waals surface area (Å²) in [6, 6.07) is 10.0. The number of nitriles is 1. The summed E-state index contributed by atoms with van der Waals surface area (Å²) in [5.41, 5.74) is 0.648. The van der Waals surface area contributed by atoms with Crippen LogP contribution in [0.25, 0.3) is 6.08 Å². The molecule has 0 radical (unpaired) electrons. The van der Waals surface area contributed by atoms with Crippen molar-refractivity contribution in [2.75, 3.05) is 4.90 Å². The predicted octanol–water partition coefficient (Wildman–Crippen LogP) is 4.63. The van der Waals surface area contributed by atoms with Crippen molar-refractivity contribution in [3.63, 3.8) is 0 Å². The number of carboxylic acid groups (broad SMARTS) is 1. The number of halogens is 4. The summed E-state index contributed by atoms with van der Waals surface area (Å²) in [6.07, 6.45) is -3.79. The third kappa shape index (κ3) is 3.76. The van der Waals surface area contributed by atoms with Crippen molar-refractivity contribution in [1.82, 2.24) is 0 Å². The maximum atomic E-state index is 13.8. The van der Waals surface area contributed by atoms with Crippen LogP contribution in [0.2, 0.25) is 5.02 Å². The van der Waals surface area contributed by atoms with Gasteiger partial charge >= 0.3 is 12.1 Å². The van der Waals surface area contributed by atoms with E-state index in [2.05, 4.69) is 0 Å². The molecule has 1 heterocycles. The highest BCUT2D eigenvalue weighted by atomic mass is 35.5. The van der Waals surface area contributed by atoms with Crippen molar-refractivity contribution >= 4 is 29.3 Å². The molecule has 2 aromatic carbocycles. The van der Waals surface area contributed by atoms with Gasteiger partial charge in [0.05, 0.1) is 17.2 Å². The van der Waals surface area contributed by atoms with E-state index in [9.17, 15) is 23.1 Å². The van der Waals surface area contributed by atoms with Gasteiger partial charge in [-0.25, -0.2) is 4.79 Å². The molecule has 27 heavy (non-hydrogen) atoms. The number of hydrogen-bond acceptors (Lipinski definition) is 3. The van der Waals surface area contributed by atoms with Gasteiger partial charge in [-0.1, -0.05) is 23.7 Å². The second-order valence-corrected chi connectivity index (χ2v) is 6.43. The van der Waals surface area contributed by atoms with Crippen LogP contribution in [0.15, 0.2) is 48.0 Å². The molecule has 3 rings (SSSR count). The Balaban J connectivity index is 2.13. The first-order chi connectivity index (χ1) is 12.7. The van der Waals surface area contributed by atoms with Crippen LogP contribution in [0.4, 0.5) is 18.9 Å². The topological polar surface area (TPSA) is 64.3 Å². The van der Waals surface area contributed by atoms with Crippen molar-refractivity contribution in [2.45, 2.75) is 18.8 Å². The van der Waals surface area contributed by atoms with Crippen LogP contribution in [0.1, 0.15) is 16.7 Å². The van der Waals surface area contributed by atoms with E-state index in [1.54, 1.807) is 12.1 Å². The Hall–Kier alpha value is -2.98. The van der Waals surface area contributed by atoms with E-state index in [1.807, 2.05) is 6.07 Å². The van der Waals surface area contributed by atoms with E-state index in [1.165, 1.54) is 30.3 Å². The number of hydrogen-bond donors (Lipinski definition) is 1. The van der Waals surface area contributed by atoms with Gasteiger partial charge in [0.1, 0.15) is 0 Å². The fourth-order valence-electron chi connectivity index (χ4n) is 3.05. The summed E-state index contributed by atoms with van der Waals surface area (Å²) in [5, 5.41) is 18.5. The Morgan fingerprint density at radius 3 is 2.44 bits per heavy atom. The van der Waals surface area contributed by atoms with E-state index in [4.69, 9.17) is 16.9 Å². The Morgan fingerprint density at radius 2 is 1.89 bits per heavy atom. The molecule has 0 aliphatic carbocycles. The Kier molecular flexibility index (Phi) is 4.85. The van der Waals surface area contributed by atoms with Gasteiger partial charge in [0.15, 0.2) is 6.04 Å². The Morgan fingerprint density at radius 1 is 1.22 bits per heavy atom. The minimum Gasteiger partial charge on any atom is -0.478 e. The molecule has 1 N–H and O–H groups in total. The quantitative estimate of drug-likeness (QED) is 0.827. The van der Waals surface area contributed by atoms with Gasteiger partial charge in [-0.2, -0.15) is 18.4 Å². The normalized spacial score (nSPS) is 16.3. The molecular formula is C19H12ClF3N2O2. The molecule has 2 aromatic rings. The molecule has 0 spiro atoms. The van der Waals surface area contributed by atoms with E-state index in [0.717, 1.165) is 11.0 Å². The van der Waals surface area contributed by atoms with Crippen molar-refractivity contribution < 1.29 is 23.1 Å². The summed E-state index contributed by atoms with van der Waals surface area (Å²) in [6.45, 7) is -0.185. The highest BCUT2D eigenvalue weighted by Crippen LogP contribution is 2.41. The number of rotatable bonds is 3. The summed E-state index contributed by atoms with van der Waals surface area (Å²) in [4.78, 5) is 12.5. The molecule has 0 saturated carbocycles. The van der Waals surface area contributed by atoms with Crippen LogP contribution >= 0.6 is 11.6 Å². The van der Waals surface area contributed by atoms with Crippen LogP contribution in [0.5, 0.6) is 0 Å². The first-order valence-electron chi connectivity index (χ1n) is 7.77. The van der Waals surface area contributed by atoms with Crippen LogP contribution in [-0.2, 0) is 11.3 Å². The molecule has 0 bridgehead atoms. The number of benzene rings is 2. The molecule has 0 amide bonds. The van der Waals surface area contributed by atoms with Gasteiger partial charge in [0.2, 0.25) is 0 Å². The van der Waals surface area contributed by atoms with Gasteiger partial charge < -0.3 is 10.0 Å². The van der Waals surface area contributed by atoms with Gasteiger partial charge in [0.25, 0.3) is 0 Å². The lowest BCUT2D eigenvalue weighted by Crippen LogP contribution is -2.50. The number of nitrogens with zero attached hydrogens (tertiary/aromatic N) is 2. The molecule has 1 aliphatic heterocycles. The largest absolute Gasteiger partial charge is 0.478 e. The third-order valence-electron chi connectivity index (χ3n) is 4.21. The van der Waals surface area contributed by atoms with Crippen LogP contribution < -0.4 is 4.90 Å². The van der Waals surface area contributed by atoms with Crippen LogP contribution in [-0.4, -0.2) is 23.3 Å². The number of anilines is 1. The summed E-state index contributed by atoms with van der Waals surface area (Å²) < 4.78 is 41.3. The molecule has 138 valence electrons. The monoisotopic (exact) mass is 392 g/mol. The molecule has 4 nitrogen and oxygen atoms in total. The summed E-state index contributed by atoms with van der Waals surface area (Å²) >= 11 is 5.92. The lowest BCUT2D eigenvalue weighted by Gasteiger charge is -2.39. The first kappa shape index (κ1) is 18.8. The summed E-state index contributed by atoms with van der Waals surface area (Å²) in [7, 11) is 0. The maximum absolute atomic E-state index is 13.8. The fourth-order valence-corrected chi connectivity index (χ4v) is 3.23. The highest BCUT2D eigenvalue weighted by molar-refractivity contribution is 6.30. The van der Waals surface area contributed by atoms with Crippen molar-refractivity contribution in [1.29, 1.82) is 5.26 Å². The van der Waals surface area contributed by atoms with Gasteiger partial charge in [0, 0.05) is 17.3 Å². The van der Waals surface area contributed by atoms with Crippen molar-refractivity contribution in [3.05, 3.63) is 69.8 Å². The Labute approximate surface area is 157 Å². The lowest BCUT2D eigenvalue weighted by atomic mass is 9.94. The number of alkyl halides is 3. The highest BCUT2D eigenvalue weighted by Gasteiger charge is 2.50. The zero-order valence-electron chi connectivity index (χ0n) is 13.7. The molecule has 0 saturated heterocycles. The van der Waals surface area contributed by atoms with Crippen LogP contribution in [0, 0.1) is 11.3 Å². The minimum atomic E-state index is -4.80. The van der Waals surface area contributed by atoms with E-state index >= 15 is 0 Å². The minimum absolute atomic E-state index is 0.185. The first-order valence-corrected chi connectivity index (χ1v) is 8.15. The molecule has 0 fully saturated rings. The van der Waals surface area contributed by atoms with Crippen molar-refractivity contribution in [2.24, 2.45) is 0 Å². The molecule has 1 aliphatic rings. The zero-order valence-corrected chi connectivity index (χ0v) is 14.4. The summed E-state index contributed by atoms with van der Waals surface area (Å²) in [5.74, 6) is -1.65. The average molecular weight is 393 g/mol. The fraction of sp³-hybridized carbons (Fsp3) is 0.158. The SMILES string of the molecule is N#Cc1ccc(CN2c3ccc(Cl)cc3C=C(C(=O)O)[C@H]2C(F)(F)F)cc1.